The highest BCUT2D eigenvalue weighted by Crippen LogP contribution is 2.14. The van der Waals surface area contributed by atoms with E-state index in [1.807, 2.05) is 19.9 Å². The Balaban J connectivity index is 1.53. The van der Waals surface area contributed by atoms with Crippen LogP contribution in [-0.2, 0) is 7.05 Å². The molecule has 0 radical (unpaired) electrons. The number of aryl methyl sites for hydroxylation is 3. The van der Waals surface area contributed by atoms with Crippen molar-refractivity contribution in [1.29, 1.82) is 0 Å². The van der Waals surface area contributed by atoms with Gasteiger partial charge in [-0.2, -0.15) is 4.98 Å². The number of rotatable bonds is 4. The number of carbonyl (C=O) groups excluding carboxylic acids is 2. The van der Waals surface area contributed by atoms with Crippen molar-refractivity contribution in [2.24, 2.45) is 7.05 Å². The smallest absolute Gasteiger partial charge is 0.295 e. The van der Waals surface area contributed by atoms with Crippen molar-refractivity contribution in [3.05, 3.63) is 71.3 Å². The number of carbonyl (C=O) groups is 2. The normalized spacial score (nSPS) is 11.0. The van der Waals surface area contributed by atoms with Crippen LogP contribution in [0.15, 0.2) is 42.7 Å². The van der Waals surface area contributed by atoms with Gasteiger partial charge in [0.25, 0.3) is 11.7 Å². The van der Waals surface area contributed by atoms with E-state index in [2.05, 4.69) is 25.4 Å². The van der Waals surface area contributed by atoms with E-state index in [0.29, 0.717) is 22.9 Å². The fraction of sp³-hybridized carbons (Fsp3) is 0.158. The van der Waals surface area contributed by atoms with E-state index >= 15 is 0 Å². The highest BCUT2D eigenvalue weighted by molar-refractivity contribution is 6.07. The Hall–Kier alpha value is -3.88. The fourth-order valence-corrected chi connectivity index (χ4v) is 2.87. The van der Waals surface area contributed by atoms with Crippen LogP contribution in [0.25, 0.3) is 5.78 Å². The molecule has 3 heterocycles. The Morgan fingerprint density at radius 3 is 2.50 bits per heavy atom. The zero-order chi connectivity index (χ0) is 19.8. The number of imidazole rings is 1. The Morgan fingerprint density at radius 1 is 1.07 bits per heavy atom. The van der Waals surface area contributed by atoms with Crippen molar-refractivity contribution in [3.63, 3.8) is 0 Å². The number of hydrogen-bond acceptors (Lipinski definition) is 6. The van der Waals surface area contributed by atoms with Crippen LogP contribution in [0.5, 0.6) is 0 Å². The van der Waals surface area contributed by atoms with Crippen molar-refractivity contribution >= 4 is 23.2 Å². The first-order valence-electron chi connectivity index (χ1n) is 8.57. The number of aromatic nitrogens is 6. The van der Waals surface area contributed by atoms with Gasteiger partial charge in [-0.15, -0.1) is 5.10 Å². The second kappa shape index (κ2) is 6.69. The number of hydrogen-bond donors (Lipinski definition) is 1. The first-order valence-corrected chi connectivity index (χ1v) is 8.57. The summed E-state index contributed by atoms with van der Waals surface area (Å²) in [6.45, 7) is 3.73. The van der Waals surface area contributed by atoms with Gasteiger partial charge >= 0.3 is 0 Å². The molecular formula is C19H17N7O2. The van der Waals surface area contributed by atoms with Crippen molar-refractivity contribution in [2.45, 2.75) is 13.8 Å². The summed E-state index contributed by atoms with van der Waals surface area (Å²) in [7, 11) is 1.76. The minimum Gasteiger partial charge on any atom is -0.331 e. The molecule has 0 unspecified atom stereocenters. The van der Waals surface area contributed by atoms with Crippen LogP contribution in [0.4, 0.5) is 5.69 Å². The molecule has 1 N–H and O–H groups in total. The molecule has 3 aromatic heterocycles. The molecule has 0 aliphatic carbocycles. The lowest BCUT2D eigenvalue weighted by molar-refractivity contribution is 0.101. The molecule has 4 aromatic rings. The molecule has 0 spiro atoms. The monoisotopic (exact) mass is 375 g/mol. The predicted molar refractivity (Wildman–Crippen MR) is 101 cm³/mol. The summed E-state index contributed by atoms with van der Waals surface area (Å²) < 4.78 is 3.18. The average Bonchev–Trinajstić information content (AvgIpc) is 3.28. The molecule has 0 bridgehead atoms. The third kappa shape index (κ3) is 3.13. The molecular weight excluding hydrogens is 358 g/mol. The van der Waals surface area contributed by atoms with Gasteiger partial charge in [0.15, 0.2) is 5.82 Å². The number of fused-ring (bicyclic) bond motifs is 1. The lowest BCUT2D eigenvalue weighted by atomic mass is 10.1. The second-order valence-corrected chi connectivity index (χ2v) is 6.41. The maximum atomic E-state index is 12.5. The van der Waals surface area contributed by atoms with Crippen molar-refractivity contribution in [3.8, 4) is 0 Å². The number of nitrogens with zero attached hydrogens (tertiary/aromatic N) is 6. The number of ketones is 1. The van der Waals surface area contributed by atoms with Gasteiger partial charge in [0, 0.05) is 42.1 Å². The molecule has 1 amide bonds. The highest BCUT2D eigenvalue weighted by atomic mass is 16.2. The number of nitrogens with one attached hydrogen (secondary N) is 1. The van der Waals surface area contributed by atoms with Crippen LogP contribution >= 0.6 is 0 Å². The molecule has 9 nitrogen and oxygen atoms in total. The predicted octanol–water partition coefficient (Wildman–Crippen LogP) is 1.96. The van der Waals surface area contributed by atoms with E-state index < -0.39 is 5.91 Å². The maximum absolute atomic E-state index is 12.5. The topological polar surface area (TPSA) is 107 Å². The van der Waals surface area contributed by atoms with E-state index in [1.54, 1.807) is 48.3 Å². The van der Waals surface area contributed by atoms with E-state index in [-0.39, 0.29) is 11.6 Å². The van der Waals surface area contributed by atoms with Crippen LogP contribution in [0, 0.1) is 13.8 Å². The molecule has 0 atom stereocenters. The molecule has 9 heteroatoms. The standard InChI is InChI=1S/C19H17N7O2/c1-11-10-12(2)26-19(21-11)23-16(24-26)18(28)22-14-6-4-13(5-7-14)15(27)17-20-8-9-25(17)3/h4-10H,1-3H3,(H,22,28). The number of anilines is 1. The summed E-state index contributed by atoms with van der Waals surface area (Å²) in [5.74, 6) is 0.104. The zero-order valence-electron chi connectivity index (χ0n) is 15.5. The summed E-state index contributed by atoms with van der Waals surface area (Å²) in [6, 6.07) is 8.44. The Morgan fingerprint density at radius 2 is 1.82 bits per heavy atom. The molecule has 4 rings (SSSR count). The quantitative estimate of drug-likeness (QED) is 0.547. The molecule has 0 aliphatic heterocycles. The van der Waals surface area contributed by atoms with Gasteiger partial charge in [0.05, 0.1) is 0 Å². The van der Waals surface area contributed by atoms with Gasteiger partial charge in [-0.05, 0) is 44.2 Å². The molecule has 0 aliphatic rings. The van der Waals surface area contributed by atoms with Crippen LogP contribution in [-0.4, -0.2) is 40.8 Å². The number of amides is 1. The summed E-state index contributed by atoms with van der Waals surface area (Å²) >= 11 is 0. The van der Waals surface area contributed by atoms with Gasteiger partial charge in [0.2, 0.25) is 11.6 Å². The van der Waals surface area contributed by atoms with Crippen LogP contribution in [0.1, 0.15) is 38.2 Å². The van der Waals surface area contributed by atoms with Crippen molar-refractivity contribution in [1.82, 2.24) is 29.1 Å². The summed E-state index contributed by atoms with van der Waals surface area (Å²) in [4.78, 5) is 37.4. The van der Waals surface area contributed by atoms with Crippen LogP contribution in [0.3, 0.4) is 0 Å². The first kappa shape index (κ1) is 17.5. The lowest BCUT2D eigenvalue weighted by Crippen LogP contribution is -2.14. The van der Waals surface area contributed by atoms with Crippen LogP contribution in [0.2, 0.25) is 0 Å². The van der Waals surface area contributed by atoms with E-state index in [9.17, 15) is 9.59 Å². The molecule has 1 aromatic carbocycles. The maximum Gasteiger partial charge on any atom is 0.295 e. The van der Waals surface area contributed by atoms with Gasteiger partial charge in [-0.25, -0.2) is 14.5 Å². The second-order valence-electron chi connectivity index (χ2n) is 6.41. The number of benzene rings is 1. The SMILES string of the molecule is Cc1cc(C)n2nc(C(=O)Nc3ccc(C(=O)c4nccn4C)cc3)nc2n1. The molecule has 0 saturated heterocycles. The molecule has 140 valence electrons. The van der Waals surface area contributed by atoms with E-state index in [4.69, 9.17) is 0 Å². The summed E-state index contributed by atoms with van der Waals surface area (Å²) in [6.07, 6.45) is 3.28. The molecule has 0 saturated carbocycles. The van der Waals surface area contributed by atoms with Crippen LogP contribution < -0.4 is 5.32 Å². The first-order chi connectivity index (χ1) is 13.4. The largest absolute Gasteiger partial charge is 0.331 e. The summed E-state index contributed by atoms with van der Waals surface area (Å²) in [5.41, 5.74) is 2.65. The lowest BCUT2D eigenvalue weighted by Gasteiger charge is -2.05. The van der Waals surface area contributed by atoms with Gasteiger partial charge in [-0.1, -0.05) is 0 Å². The molecule has 28 heavy (non-hydrogen) atoms. The summed E-state index contributed by atoms with van der Waals surface area (Å²) in [5, 5.41) is 6.93. The Bertz CT molecular complexity index is 1200. The average molecular weight is 375 g/mol. The van der Waals surface area contributed by atoms with E-state index in [0.717, 1.165) is 11.4 Å². The van der Waals surface area contributed by atoms with Gasteiger partial charge < -0.3 is 9.88 Å². The van der Waals surface area contributed by atoms with Gasteiger partial charge in [0.1, 0.15) is 0 Å². The third-order valence-corrected chi connectivity index (χ3v) is 4.25. The fourth-order valence-electron chi connectivity index (χ4n) is 2.87. The Kier molecular flexibility index (Phi) is 4.19. The van der Waals surface area contributed by atoms with Crippen molar-refractivity contribution in [2.75, 3.05) is 5.32 Å². The minimum absolute atomic E-state index is 0.0226. The zero-order valence-corrected chi connectivity index (χ0v) is 15.5. The highest BCUT2D eigenvalue weighted by Gasteiger charge is 2.17. The Labute approximate surface area is 160 Å². The van der Waals surface area contributed by atoms with E-state index in [1.165, 1.54) is 4.52 Å². The molecule has 0 fully saturated rings. The minimum atomic E-state index is -0.453. The van der Waals surface area contributed by atoms with Crippen molar-refractivity contribution < 1.29 is 9.59 Å². The van der Waals surface area contributed by atoms with Gasteiger partial charge in [-0.3, -0.25) is 9.59 Å². The third-order valence-electron chi connectivity index (χ3n) is 4.25.